The molecule has 2 rings (SSSR count). The van der Waals surface area contributed by atoms with E-state index in [1.807, 2.05) is 6.92 Å². The number of alkyl halides is 2. The van der Waals surface area contributed by atoms with Gasteiger partial charge in [-0.2, -0.15) is 8.78 Å². The molecular formula is C14H16F2N2O4S. The zero-order valence-electron chi connectivity index (χ0n) is 12.3. The molecule has 1 aromatic rings. The van der Waals surface area contributed by atoms with Crippen LogP contribution in [0.25, 0.3) is 0 Å². The van der Waals surface area contributed by atoms with E-state index in [-0.39, 0.29) is 12.5 Å². The van der Waals surface area contributed by atoms with Gasteiger partial charge in [0.2, 0.25) is 9.84 Å². The number of amides is 3. The highest BCUT2D eigenvalue weighted by Crippen LogP contribution is 2.20. The van der Waals surface area contributed by atoms with Crippen molar-refractivity contribution in [3.63, 3.8) is 0 Å². The van der Waals surface area contributed by atoms with Gasteiger partial charge in [-0.05, 0) is 24.1 Å². The largest absolute Gasteiger partial charge is 0.341 e. The van der Waals surface area contributed by atoms with Crippen molar-refractivity contribution >= 4 is 21.8 Å². The first-order valence-electron chi connectivity index (χ1n) is 7.00. The molecule has 1 unspecified atom stereocenters. The normalized spacial score (nSPS) is 18.6. The van der Waals surface area contributed by atoms with E-state index in [1.54, 1.807) is 0 Å². The second kappa shape index (κ2) is 6.61. The zero-order chi connectivity index (χ0) is 17.2. The predicted molar refractivity (Wildman–Crippen MR) is 77.4 cm³/mol. The minimum Gasteiger partial charge on any atom is -0.326 e. The first-order valence-corrected chi connectivity index (χ1v) is 8.55. The van der Waals surface area contributed by atoms with Crippen molar-refractivity contribution in [3.8, 4) is 0 Å². The van der Waals surface area contributed by atoms with E-state index >= 15 is 0 Å². The number of carbonyl (C=O) groups is 2. The van der Waals surface area contributed by atoms with E-state index in [2.05, 4.69) is 5.32 Å². The third kappa shape index (κ3) is 3.49. The van der Waals surface area contributed by atoms with Crippen LogP contribution in [0.15, 0.2) is 29.2 Å². The van der Waals surface area contributed by atoms with Crippen LogP contribution in [0.5, 0.6) is 0 Å². The molecule has 1 heterocycles. The molecule has 23 heavy (non-hydrogen) atoms. The maximum Gasteiger partial charge on any atom is 0.341 e. The highest BCUT2D eigenvalue weighted by molar-refractivity contribution is 7.91. The number of nitrogens with one attached hydrogen (secondary N) is 1. The summed E-state index contributed by atoms with van der Waals surface area (Å²) in [5, 5.41) is 2.57. The molecular weight excluding hydrogens is 330 g/mol. The molecule has 126 valence electrons. The van der Waals surface area contributed by atoms with Gasteiger partial charge in [-0.3, -0.25) is 9.69 Å². The Balaban J connectivity index is 2.13. The van der Waals surface area contributed by atoms with Crippen molar-refractivity contribution in [1.82, 2.24) is 10.2 Å². The average Bonchev–Trinajstić information content (AvgIpc) is 2.76. The SMILES string of the molecule is CCCC1NC(=O)N(Cc2ccc(S(=O)(=O)C(F)F)cc2)C1=O. The standard InChI is InChI=1S/C14H16F2N2O4S/c1-2-3-11-12(19)18(14(20)17-11)8-9-4-6-10(7-5-9)23(21,22)13(15)16/h4-7,11,13H,2-3,8H2,1H3,(H,17,20). The van der Waals surface area contributed by atoms with E-state index in [0.717, 1.165) is 23.5 Å². The fraction of sp³-hybridized carbons (Fsp3) is 0.429. The van der Waals surface area contributed by atoms with Crippen LogP contribution in [0.4, 0.5) is 13.6 Å². The van der Waals surface area contributed by atoms with Gasteiger partial charge in [-0.25, -0.2) is 13.2 Å². The number of imide groups is 1. The lowest BCUT2D eigenvalue weighted by Gasteiger charge is -2.13. The van der Waals surface area contributed by atoms with Crippen LogP contribution in [0.2, 0.25) is 0 Å². The van der Waals surface area contributed by atoms with Crippen LogP contribution in [0.3, 0.4) is 0 Å². The third-order valence-corrected chi connectivity index (χ3v) is 4.91. The summed E-state index contributed by atoms with van der Waals surface area (Å²) in [4.78, 5) is 24.4. The van der Waals surface area contributed by atoms with Crippen molar-refractivity contribution in [2.45, 2.75) is 43.0 Å². The van der Waals surface area contributed by atoms with Crippen molar-refractivity contribution < 1.29 is 26.8 Å². The van der Waals surface area contributed by atoms with Crippen LogP contribution in [0, 0.1) is 0 Å². The maximum absolute atomic E-state index is 12.5. The van der Waals surface area contributed by atoms with Crippen LogP contribution in [-0.2, 0) is 21.2 Å². The zero-order valence-corrected chi connectivity index (χ0v) is 13.1. The van der Waals surface area contributed by atoms with E-state index in [9.17, 15) is 26.8 Å². The summed E-state index contributed by atoms with van der Waals surface area (Å²) >= 11 is 0. The molecule has 1 saturated heterocycles. The van der Waals surface area contributed by atoms with Gasteiger partial charge in [-0.15, -0.1) is 0 Å². The fourth-order valence-corrected chi connectivity index (χ4v) is 3.00. The molecule has 1 N–H and O–H groups in total. The summed E-state index contributed by atoms with van der Waals surface area (Å²) in [6.45, 7) is 1.85. The molecule has 3 amide bonds. The van der Waals surface area contributed by atoms with Gasteiger partial charge >= 0.3 is 11.8 Å². The second-order valence-electron chi connectivity index (χ2n) is 5.16. The maximum atomic E-state index is 12.5. The van der Waals surface area contributed by atoms with Crippen molar-refractivity contribution in [1.29, 1.82) is 0 Å². The molecule has 1 aromatic carbocycles. The first-order chi connectivity index (χ1) is 10.8. The first kappa shape index (κ1) is 17.3. The number of halogens is 2. The molecule has 1 fully saturated rings. The summed E-state index contributed by atoms with van der Waals surface area (Å²) in [7, 11) is -4.65. The number of carbonyl (C=O) groups excluding carboxylic acids is 2. The number of sulfone groups is 1. The molecule has 0 aliphatic carbocycles. The van der Waals surface area contributed by atoms with Gasteiger partial charge in [-0.1, -0.05) is 25.5 Å². The molecule has 0 spiro atoms. The fourth-order valence-electron chi connectivity index (χ4n) is 2.28. The Hall–Kier alpha value is -2.03. The smallest absolute Gasteiger partial charge is 0.326 e. The molecule has 0 radical (unpaired) electrons. The number of rotatable bonds is 6. The van der Waals surface area contributed by atoms with Gasteiger partial charge in [0.25, 0.3) is 5.91 Å². The summed E-state index contributed by atoms with van der Waals surface area (Å²) < 4.78 is 47.6. The Morgan fingerprint density at radius 2 is 1.83 bits per heavy atom. The van der Waals surface area contributed by atoms with Gasteiger partial charge in [0.15, 0.2) is 0 Å². The molecule has 0 aromatic heterocycles. The minimum atomic E-state index is -4.65. The number of hydrogen-bond acceptors (Lipinski definition) is 4. The Bertz CT molecular complexity index is 704. The summed E-state index contributed by atoms with van der Waals surface area (Å²) in [5.41, 5.74) is 0.471. The van der Waals surface area contributed by atoms with Gasteiger partial charge in [0.1, 0.15) is 6.04 Å². The van der Waals surface area contributed by atoms with Crippen molar-refractivity contribution in [2.75, 3.05) is 0 Å². The van der Waals surface area contributed by atoms with E-state index < -0.39 is 32.6 Å². The van der Waals surface area contributed by atoms with Crippen molar-refractivity contribution in [2.24, 2.45) is 0 Å². The Morgan fingerprint density at radius 3 is 2.35 bits per heavy atom. The summed E-state index contributed by atoms with van der Waals surface area (Å²) in [6, 6.07) is 3.63. The third-order valence-electron chi connectivity index (χ3n) is 3.51. The Kier molecular flexibility index (Phi) is 4.98. The van der Waals surface area contributed by atoms with E-state index in [1.165, 1.54) is 12.1 Å². The number of nitrogens with zero attached hydrogens (tertiary/aromatic N) is 1. The van der Waals surface area contributed by atoms with Crippen LogP contribution in [0.1, 0.15) is 25.3 Å². The summed E-state index contributed by atoms with van der Waals surface area (Å²) in [5.74, 6) is -3.84. The molecule has 0 bridgehead atoms. The predicted octanol–water partition coefficient (Wildman–Crippen LogP) is 1.90. The van der Waals surface area contributed by atoms with E-state index in [4.69, 9.17) is 0 Å². The van der Waals surface area contributed by atoms with Gasteiger partial charge < -0.3 is 5.32 Å². The van der Waals surface area contributed by atoms with Crippen LogP contribution in [-0.4, -0.2) is 37.1 Å². The Labute approximate surface area is 132 Å². The lowest BCUT2D eigenvalue weighted by Crippen LogP contribution is -2.30. The molecule has 1 aliphatic rings. The topological polar surface area (TPSA) is 83.6 Å². The summed E-state index contributed by atoms with van der Waals surface area (Å²) in [6.07, 6.45) is 1.28. The van der Waals surface area contributed by atoms with Gasteiger partial charge in [0.05, 0.1) is 11.4 Å². The highest BCUT2D eigenvalue weighted by Gasteiger charge is 2.37. The molecule has 1 aliphatic heterocycles. The van der Waals surface area contributed by atoms with Gasteiger partial charge in [0, 0.05) is 0 Å². The second-order valence-corrected chi connectivity index (χ2v) is 7.08. The number of benzene rings is 1. The van der Waals surface area contributed by atoms with Crippen LogP contribution >= 0.6 is 0 Å². The van der Waals surface area contributed by atoms with E-state index in [0.29, 0.717) is 12.0 Å². The number of hydrogen-bond donors (Lipinski definition) is 1. The van der Waals surface area contributed by atoms with Crippen molar-refractivity contribution in [3.05, 3.63) is 29.8 Å². The monoisotopic (exact) mass is 346 g/mol. The molecule has 6 nitrogen and oxygen atoms in total. The lowest BCUT2D eigenvalue weighted by atomic mass is 10.1. The highest BCUT2D eigenvalue weighted by atomic mass is 32.2. The quantitative estimate of drug-likeness (QED) is 0.798. The molecule has 0 saturated carbocycles. The average molecular weight is 346 g/mol. The Morgan fingerprint density at radius 1 is 1.22 bits per heavy atom. The lowest BCUT2D eigenvalue weighted by molar-refractivity contribution is -0.128. The number of urea groups is 1. The minimum absolute atomic E-state index is 0.0418. The molecule has 9 heteroatoms. The molecule has 1 atom stereocenters. The van der Waals surface area contributed by atoms with Crippen LogP contribution < -0.4 is 5.32 Å².